The van der Waals surface area contributed by atoms with E-state index >= 15 is 0 Å². The number of carboxylic acids is 1. The Morgan fingerprint density at radius 1 is 1.30 bits per heavy atom. The average Bonchev–Trinajstić information content (AvgIpc) is 3.32. The predicted molar refractivity (Wildman–Crippen MR) is 118 cm³/mol. The number of aliphatic hydroxyl groups is 1. The van der Waals surface area contributed by atoms with E-state index in [2.05, 4.69) is 0 Å². The number of carbonyl (C=O) groups excluding carboxylic acids is 1. The van der Waals surface area contributed by atoms with Crippen molar-refractivity contribution in [3.63, 3.8) is 0 Å². The highest BCUT2D eigenvalue weighted by molar-refractivity contribution is 8.26. The maximum absolute atomic E-state index is 13.0. The number of carbonyl (C=O) groups is 2. The largest absolute Gasteiger partial charge is 0.481 e. The van der Waals surface area contributed by atoms with Crippen LogP contribution in [0.3, 0.4) is 0 Å². The molecule has 0 spiro atoms. The van der Waals surface area contributed by atoms with E-state index in [0.29, 0.717) is 33.6 Å². The Balaban J connectivity index is 1.52. The summed E-state index contributed by atoms with van der Waals surface area (Å²) >= 11 is 6.65. The molecule has 156 valence electrons. The molecule has 2 atom stereocenters. The van der Waals surface area contributed by atoms with E-state index in [-0.39, 0.29) is 18.6 Å². The fraction of sp³-hybridized carbons (Fsp3) is 0.318. The van der Waals surface area contributed by atoms with Crippen molar-refractivity contribution in [2.45, 2.75) is 38.3 Å². The van der Waals surface area contributed by atoms with Crippen LogP contribution in [0.25, 0.3) is 17.4 Å². The molecule has 0 radical (unpaired) electrons. The van der Waals surface area contributed by atoms with Gasteiger partial charge in [-0.2, -0.15) is 0 Å². The van der Waals surface area contributed by atoms with Crippen LogP contribution in [-0.2, 0) is 16.2 Å². The monoisotopic (exact) mass is 443 g/mol. The van der Waals surface area contributed by atoms with Crippen LogP contribution in [0.5, 0.6) is 0 Å². The van der Waals surface area contributed by atoms with E-state index in [1.165, 1.54) is 11.8 Å². The van der Waals surface area contributed by atoms with Crippen LogP contribution >= 0.6 is 24.0 Å². The van der Waals surface area contributed by atoms with Crippen molar-refractivity contribution in [2.24, 2.45) is 5.92 Å². The van der Waals surface area contributed by atoms with Crippen LogP contribution in [0, 0.1) is 5.92 Å². The molecule has 1 aliphatic heterocycles. The van der Waals surface area contributed by atoms with Gasteiger partial charge in [0.2, 0.25) is 0 Å². The number of aliphatic hydroxyl groups excluding tert-OH is 1. The van der Waals surface area contributed by atoms with Gasteiger partial charge in [0.1, 0.15) is 15.8 Å². The fourth-order valence-corrected chi connectivity index (χ4v) is 5.34. The molecule has 1 saturated heterocycles. The van der Waals surface area contributed by atoms with Crippen LogP contribution in [0.2, 0.25) is 0 Å². The van der Waals surface area contributed by atoms with Gasteiger partial charge in [0.05, 0.1) is 17.4 Å². The Kier molecular flexibility index (Phi) is 6.08. The number of carboxylic acid groups (broad SMARTS) is 1. The molecule has 6 nitrogen and oxygen atoms in total. The minimum atomic E-state index is -0.811. The van der Waals surface area contributed by atoms with Crippen molar-refractivity contribution >= 4 is 46.3 Å². The normalized spacial score (nSPS) is 23.4. The molecular weight excluding hydrogens is 422 g/mol. The molecule has 2 fully saturated rings. The van der Waals surface area contributed by atoms with Crippen molar-refractivity contribution in [1.82, 2.24) is 4.90 Å². The molecule has 8 heteroatoms. The van der Waals surface area contributed by atoms with Crippen molar-refractivity contribution < 1.29 is 24.2 Å². The number of rotatable bonds is 5. The van der Waals surface area contributed by atoms with Crippen molar-refractivity contribution in [1.29, 1.82) is 0 Å². The zero-order chi connectivity index (χ0) is 21.3. The summed E-state index contributed by atoms with van der Waals surface area (Å²) in [5.74, 6) is -0.259. The molecule has 1 aromatic carbocycles. The standard InChI is InChI=1S/C22H21NO5S2/c24-12-13-3-1-4-14(9-13)18-8-7-17(28-18)11-19-20(25)23(22(29)30-19)16-6-2-5-15(10-16)21(26)27/h1,3-4,7-9,11,15-16,24H,2,5-6,10,12H2,(H,26,27)/b19-11+. The molecule has 2 N–H and O–H groups in total. The summed E-state index contributed by atoms with van der Waals surface area (Å²) in [6, 6.07) is 10.9. The topological polar surface area (TPSA) is 91.0 Å². The molecule has 2 aromatic rings. The first-order valence-electron chi connectivity index (χ1n) is 9.76. The van der Waals surface area contributed by atoms with E-state index in [0.717, 1.165) is 24.0 Å². The van der Waals surface area contributed by atoms with E-state index in [1.807, 2.05) is 30.3 Å². The van der Waals surface area contributed by atoms with Crippen molar-refractivity contribution in [3.8, 4) is 11.3 Å². The molecule has 1 aromatic heterocycles. The van der Waals surface area contributed by atoms with Gasteiger partial charge in [0.15, 0.2) is 0 Å². The highest BCUT2D eigenvalue weighted by atomic mass is 32.2. The third kappa shape index (κ3) is 4.21. The lowest BCUT2D eigenvalue weighted by molar-refractivity contribution is -0.144. The summed E-state index contributed by atoms with van der Waals surface area (Å²) in [6.45, 7) is -0.0478. The number of hydrogen-bond acceptors (Lipinski definition) is 6. The van der Waals surface area contributed by atoms with Crippen LogP contribution in [0.1, 0.15) is 37.0 Å². The maximum atomic E-state index is 13.0. The number of nitrogens with zero attached hydrogens (tertiary/aromatic N) is 1. The number of amides is 1. The van der Waals surface area contributed by atoms with E-state index in [9.17, 15) is 19.8 Å². The van der Waals surface area contributed by atoms with Crippen LogP contribution < -0.4 is 0 Å². The lowest BCUT2D eigenvalue weighted by Crippen LogP contribution is -2.42. The molecule has 2 unspecified atom stereocenters. The van der Waals surface area contributed by atoms with Gasteiger partial charge in [-0.25, -0.2) is 0 Å². The number of furan rings is 1. The second kappa shape index (κ2) is 8.75. The third-order valence-corrected chi connectivity index (χ3v) is 6.81. The molecule has 0 bridgehead atoms. The molecular formula is C22H21NO5S2. The Labute approximate surface area is 183 Å². The first-order valence-corrected chi connectivity index (χ1v) is 11.0. The zero-order valence-corrected chi connectivity index (χ0v) is 17.7. The molecule has 1 aliphatic carbocycles. The van der Waals surface area contributed by atoms with Crippen LogP contribution in [0.15, 0.2) is 45.7 Å². The summed E-state index contributed by atoms with van der Waals surface area (Å²) < 4.78 is 6.34. The summed E-state index contributed by atoms with van der Waals surface area (Å²) in [7, 11) is 0. The zero-order valence-electron chi connectivity index (χ0n) is 16.1. The second-order valence-electron chi connectivity index (χ2n) is 7.47. The van der Waals surface area contributed by atoms with Gasteiger partial charge in [-0.05, 0) is 43.0 Å². The molecule has 4 rings (SSSR count). The van der Waals surface area contributed by atoms with Gasteiger partial charge in [0.25, 0.3) is 5.91 Å². The lowest BCUT2D eigenvalue weighted by Gasteiger charge is -2.32. The third-order valence-electron chi connectivity index (χ3n) is 5.48. The van der Waals surface area contributed by atoms with Gasteiger partial charge in [-0.1, -0.05) is 48.6 Å². The lowest BCUT2D eigenvalue weighted by atomic mass is 9.85. The van der Waals surface area contributed by atoms with E-state index in [1.54, 1.807) is 17.0 Å². The minimum Gasteiger partial charge on any atom is -0.481 e. The van der Waals surface area contributed by atoms with Crippen molar-refractivity contribution in [3.05, 3.63) is 52.6 Å². The fourth-order valence-electron chi connectivity index (χ4n) is 3.96. The highest BCUT2D eigenvalue weighted by Crippen LogP contribution is 2.39. The van der Waals surface area contributed by atoms with Gasteiger partial charge < -0.3 is 14.6 Å². The number of thioether (sulfide) groups is 1. The Morgan fingerprint density at radius 3 is 2.90 bits per heavy atom. The molecule has 1 amide bonds. The second-order valence-corrected chi connectivity index (χ2v) is 9.14. The SMILES string of the molecule is O=C(O)C1CCCC(N2C(=O)/C(=C\c3ccc(-c4cccc(CO)c4)o3)SC2=S)C1. The number of aliphatic carboxylic acids is 1. The first-order chi connectivity index (χ1) is 14.5. The minimum absolute atomic E-state index is 0.0478. The van der Waals surface area contributed by atoms with Crippen molar-refractivity contribution in [2.75, 3.05) is 0 Å². The number of thiocarbonyl (C=S) groups is 1. The molecule has 2 heterocycles. The first kappa shape index (κ1) is 20.8. The molecule has 2 aliphatic rings. The Morgan fingerprint density at radius 2 is 2.13 bits per heavy atom. The Hall–Kier alpha value is -2.42. The maximum Gasteiger partial charge on any atom is 0.306 e. The van der Waals surface area contributed by atoms with Gasteiger partial charge >= 0.3 is 5.97 Å². The highest BCUT2D eigenvalue weighted by Gasteiger charge is 2.40. The average molecular weight is 444 g/mol. The van der Waals surface area contributed by atoms with E-state index in [4.69, 9.17) is 16.6 Å². The summed E-state index contributed by atoms with van der Waals surface area (Å²) in [4.78, 5) is 26.4. The summed E-state index contributed by atoms with van der Waals surface area (Å²) in [6.07, 6.45) is 4.28. The number of hydrogen-bond donors (Lipinski definition) is 2. The van der Waals surface area contributed by atoms with Crippen LogP contribution in [0.4, 0.5) is 0 Å². The predicted octanol–water partition coefficient (Wildman–Crippen LogP) is 4.28. The quantitative estimate of drug-likeness (QED) is 0.526. The summed E-state index contributed by atoms with van der Waals surface area (Å²) in [5, 5.41) is 18.6. The molecule has 30 heavy (non-hydrogen) atoms. The van der Waals surface area contributed by atoms with Gasteiger partial charge in [-0.3, -0.25) is 14.5 Å². The smallest absolute Gasteiger partial charge is 0.306 e. The number of benzene rings is 1. The Bertz CT molecular complexity index is 1030. The van der Waals surface area contributed by atoms with Crippen LogP contribution in [-0.4, -0.2) is 37.4 Å². The van der Waals surface area contributed by atoms with Gasteiger partial charge in [-0.15, -0.1) is 0 Å². The molecule has 1 saturated carbocycles. The van der Waals surface area contributed by atoms with Gasteiger partial charge in [0, 0.05) is 17.7 Å². The summed E-state index contributed by atoms with van der Waals surface area (Å²) in [5.41, 5.74) is 1.63. The van der Waals surface area contributed by atoms with E-state index < -0.39 is 11.9 Å².